The lowest BCUT2D eigenvalue weighted by Gasteiger charge is -2.30. The molecule has 24 heavy (non-hydrogen) atoms. The van der Waals surface area contributed by atoms with Crippen LogP contribution in [0.25, 0.3) is 0 Å². The summed E-state index contributed by atoms with van der Waals surface area (Å²) in [6.45, 7) is 3.85. The average molecular weight is 415 g/mol. The molecule has 1 aromatic rings. The first-order chi connectivity index (χ1) is 11.4. The highest BCUT2D eigenvalue weighted by atomic mass is 79.9. The molecule has 1 atom stereocenters. The largest absolute Gasteiger partial charge is 0.493 e. The summed E-state index contributed by atoms with van der Waals surface area (Å²) in [5.74, 6) is 0.745. The number of esters is 1. The van der Waals surface area contributed by atoms with Crippen LogP contribution in [0.2, 0.25) is 0 Å². The van der Waals surface area contributed by atoms with Crippen LogP contribution in [0.15, 0.2) is 27.9 Å². The molecule has 0 fully saturated rings. The van der Waals surface area contributed by atoms with E-state index in [1.807, 2.05) is 0 Å². The highest BCUT2D eigenvalue weighted by Gasteiger charge is 2.32. The molecule has 2 rings (SSSR count). The Morgan fingerprint density at radius 2 is 1.92 bits per heavy atom. The van der Waals surface area contributed by atoms with Crippen molar-refractivity contribution >= 4 is 39.2 Å². The Labute approximate surface area is 154 Å². The van der Waals surface area contributed by atoms with Crippen molar-refractivity contribution in [3.63, 3.8) is 0 Å². The maximum Gasteiger partial charge on any atom is 0.338 e. The first kappa shape index (κ1) is 18.5. The Hall–Kier alpha value is -1.80. The molecule has 0 amide bonds. The molecule has 1 aliphatic rings. The Morgan fingerprint density at radius 1 is 1.29 bits per heavy atom. The molecule has 0 saturated carbocycles. The van der Waals surface area contributed by atoms with Crippen LogP contribution in [-0.4, -0.2) is 31.9 Å². The fourth-order valence-electron chi connectivity index (χ4n) is 2.50. The normalized spacial score (nSPS) is 17.0. The van der Waals surface area contributed by atoms with E-state index in [9.17, 15) is 4.79 Å². The van der Waals surface area contributed by atoms with Crippen LogP contribution in [0.4, 0.5) is 0 Å². The second-order valence-corrected chi connectivity index (χ2v) is 6.28. The zero-order valence-electron chi connectivity index (χ0n) is 13.9. The van der Waals surface area contributed by atoms with Gasteiger partial charge in [0, 0.05) is 10.2 Å². The van der Waals surface area contributed by atoms with Crippen LogP contribution in [0.5, 0.6) is 11.5 Å². The monoisotopic (exact) mass is 414 g/mol. The molecule has 6 nitrogen and oxygen atoms in total. The standard InChI is InChI=1S/C16H19BrN2O4S/c1-5-23-15(20)13-8(2)18-16(24)19-14(13)9-6-11(21-3)12(22-4)7-10(9)17/h6-7,14H,5H2,1-4H3,(H2,18,19,24)/t14-/m1/s1. The number of benzene rings is 1. The summed E-state index contributed by atoms with van der Waals surface area (Å²) in [6.07, 6.45) is 0. The summed E-state index contributed by atoms with van der Waals surface area (Å²) in [7, 11) is 3.12. The van der Waals surface area contributed by atoms with Gasteiger partial charge in [0.1, 0.15) is 0 Å². The van der Waals surface area contributed by atoms with Gasteiger partial charge in [-0.15, -0.1) is 0 Å². The van der Waals surface area contributed by atoms with Crippen molar-refractivity contribution in [2.75, 3.05) is 20.8 Å². The molecule has 0 saturated heterocycles. The number of hydrogen-bond acceptors (Lipinski definition) is 5. The zero-order chi connectivity index (χ0) is 17.9. The fraction of sp³-hybridized carbons (Fsp3) is 0.375. The maximum atomic E-state index is 12.4. The molecule has 0 unspecified atom stereocenters. The smallest absolute Gasteiger partial charge is 0.338 e. The quantitative estimate of drug-likeness (QED) is 0.566. The third-order valence-corrected chi connectivity index (χ3v) is 4.49. The number of halogens is 1. The summed E-state index contributed by atoms with van der Waals surface area (Å²) in [6, 6.07) is 3.13. The molecule has 1 aliphatic heterocycles. The maximum absolute atomic E-state index is 12.4. The van der Waals surface area contributed by atoms with E-state index < -0.39 is 12.0 Å². The van der Waals surface area contributed by atoms with Gasteiger partial charge in [-0.2, -0.15) is 0 Å². The van der Waals surface area contributed by atoms with E-state index in [0.29, 0.717) is 34.5 Å². The minimum atomic E-state index is -0.466. The van der Waals surface area contributed by atoms with Gasteiger partial charge in [0.25, 0.3) is 0 Å². The first-order valence-electron chi connectivity index (χ1n) is 7.29. The van der Waals surface area contributed by atoms with Gasteiger partial charge in [0.15, 0.2) is 16.6 Å². The molecule has 0 aromatic heterocycles. The Balaban J connectivity index is 2.57. The second kappa shape index (κ2) is 7.85. The van der Waals surface area contributed by atoms with E-state index in [4.69, 9.17) is 26.4 Å². The molecule has 0 bridgehead atoms. The van der Waals surface area contributed by atoms with Crippen molar-refractivity contribution in [1.29, 1.82) is 0 Å². The number of rotatable bonds is 5. The Morgan fingerprint density at radius 3 is 2.50 bits per heavy atom. The van der Waals surface area contributed by atoms with Gasteiger partial charge < -0.3 is 24.8 Å². The minimum absolute atomic E-state index is 0.292. The van der Waals surface area contributed by atoms with E-state index in [1.54, 1.807) is 40.2 Å². The summed E-state index contributed by atoms with van der Waals surface area (Å²) in [5.41, 5.74) is 1.92. The van der Waals surface area contributed by atoms with E-state index in [1.165, 1.54) is 0 Å². The second-order valence-electron chi connectivity index (χ2n) is 5.02. The highest BCUT2D eigenvalue weighted by Crippen LogP contribution is 2.39. The van der Waals surface area contributed by atoms with Crippen LogP contribution in [0, 0.1) is 0 Å². The number of carbonyl (C=O) groups is 1. The predicted molar refractivity (Wildman–Crippen MR) is 98.2 cm³/mol. The molecule has 0 radical (unpaired) electrons. The van der Waals surface area contributed by atoms with Gasteiger partial charge in [-0.05, 0) is 43.8 Å². The van der Waals surface area contributed by atoms with Gasteiger partial charge >= 0.3 is 5.97 Å². The molecule has 0 aliphatic carbocycles. The molecule has 1 heterocycles. The van der Waals surface area contributed by atoms with Crippen LogP contribution in [-0.2, 0) is 9.53 Å². The number of thiocarbonyl (C=S) groups is 1. The summed E-state index contributed by atoms with van der Waals surface area (Å²) in [5, 5.41) is 6.52. The third-order valence-electron chi connectivity index (χ3n) is 3.58. The Kier molecular flexibility index (Phi) is 6.06. The number of methoxy groups -OCH3 is 2. The molecule has 0 spiro atoms. The lowest BCUT2D eigenvalue weighted by Crippen LogP contribution is -2.45. The molecule has 2 N–H and O–H groups in total. The van der Waals surface area contributed by atoms with Crippen LogP contribution < -0.4 is 20.1 Å². The summed E-state index contributed by atoms with van der Waals surface area (Å²) < 4.78 is 16.6. The van der Waals surface area contributed by atoms with Crippen LogP contribution in [0.1, 0.15) is 25.5 Å². The molecule has 1 aromatic carbocycles. The molecule has 130 valence electrons. The van der Waals surface area contributed by atoms with E-state index in [-0.39, 0.29) is 0 Å². The number of hydrogen-bond donors (Lipinski definition) is 2. The Bertz CT molecular complexity index is 706. The number of ether oxygens (including phenoxy) is 3. The number of carbonyl (C=O) groups excluding carboxylic acids is 1. The number of nitrogens with one attached hydrogen (secondary N) is 2. The SMILES string of the molecule is CCOC(=O)C1=C(C)NC(=S)N[C@@H]1c1cc(OC)c(OC)cc1Br. The van der Waals surface area contributed by atoms with E-state index in [2.05, 4.69) is 26.6 Å². The van der Waals surface area contributed by atoms with Crippen LogP contribution >= 0.6 is 28.1 Å². The first-order valence-corrected chi connectivity index (χ1v) is 8.49. The van der Waals surface area contributed by atoms with Crippen molar-refractivity contribution in [2.45, 2.75) is 19.9 Å². The average Bonchev–Trinajstić information content (AvgIpc) is 2.53. The number of allylic oxidation sites excluding steroid dienone is 1. The van der Waals surface area contributed by atoms with Crippen molar-refractivity contribution in [1.82, 2.24) is 10.6 Å². The van der Waals surface area contributed by atoms with Crippen LogP contribution in [0.3, 0.4) is 0 Å². The summed E-state index contributed by atoms with van der Waals surface area (Å²) in [4.78, 5) is 12.4. The van der Waals surface area contributed by atoms with E-state index in [0.717, 1.165) is 10.0 Å². The van der Waals surface area contributed by atoms with Crippen molar-refractivity contribution in [3.05, 3.63) is 33.4 Å². The van der Waals surface area contributed by atoms with Gasteiger partial charge in [-0.1, -0.05) is 15.9 Å². The van der Waals surface area contributed by atoms with E-state index >= 15 is 0 Å². The highest BCUT2D eigenvalue weighted by molar-refractivity contribution is 9.10. The van der Waals surface area contributed by atoms with Gasteiger partial charge in [-0.25, -0.2) is 4.79 Å². The predicted octanol–water partition coefficient (Wildman–Crippen LogP) is 2.82. The van der Waals surface area contributed by atoms with Gasteiger partial charge in [-0.3, -0.25) is 0 Å². The third kappa shape index (κ3) is 3.64. The lowest BCUT2D eigenvalue weighted by molar-refractivity contribution is -0.139. The molecular weight excluding hydrogens is 396 g/mol. The summed E-state index contributed by atoms with van der Waals surface area (Å²) >= 11 is 8.77. The van der Waals surface area contributed by atoms with Crippen molar-refractivity contribution in [2.24, 2.45) is 0 Å². The molecule has 8 heteroatoms. The minimum Gasteiger partial charge on any atom is -0.493 e. The topological polar surface area (TPSA) is 68.8 Å². The van der Waals surface area contributed by atoms with Crippen molar-refractivity contribution in [3.8, 4) is 11.5 Å². The fourth-order valence-corrected chi connectivity index (χ4v) is 3.32. The van der Waals surface area contributed by atoms with Gasteiger partial charge in [0.2, 0.25) is 0 Å². The molecular formula is C16H19BrN2O4S. The zero-order valence-corrected chi connectivity index (χ0v) is 16.3. The van der Waals surface area contributed by atoms with Crippen molar-refractivity contribution < 1.29 is 19.0 Å². The lowest BCUT2D eigenvalue weighted by atomic mass is 9.95. The van der Waals surface area contributed by atoms with Gasteiger partial charge in [0.05, 0.1) is 32.4 Å².